The van der Waals surface area contributed by atoms with Gasteiger partial charge in [-0.3, -0.25) is 0 Å². The normalized spacial score (nSPS) is 12.0. The molecule has 1 atom stereocenters. The maximum absolute atomic E-state index is 5.50. The molecule has 1 aromatic heterocycles. The number of hydrogen-bond acceptors (Lipinski definition) is 5. The van der Waals surface area contributed by atoms with Crippen molar-refractivity contribution in [3.05, 3.63) is 41.9 Å². The first-order valence-electron chi connectivity index (χ1n) is 6.26. The van der Waals surface area contributed by atoms with Crippen molar-refractivity contribution in [3.8, 4) is 17.2 Å². The number of rotatable bonds is 6. The lowest BCUT2D eigenvalue weighted by molar-refractivity contribution is 0.319. The van der Waals surface area contributed by atoms with Crippen LogP contribution in [0.3, 0.4) is 0 Å². The summed E-state index contributed by atoms with van der Waals surface area (Å²) in [4.78, 5) is 0. The van der Waals surface area contributed by atoms with Gasteiger partial charge in [-0.25, -0.2) is 0 Å². The van der Waals surface area contributed by atoms with Crippen LogP contribution in [0.25, 0.3) is 0 Å². The van der Waals surface area contributed by atoms with Crippen molar-refractivity contribution in [2.24, 2.45) is 0 Å². The van der Waals surface area contributed by atoms with Gasteiger partial charge < -0.3 is 23.9 Å². The highest BCUT2D eigenvalue weighted by atomic mass is 16.5. The maximum Gasteiger partial charge on any atom is 0.203 e. The van der Waals surface area contributed by atoms with Crippen LogP contribution in [-0.4, -0.2) is 28.4 Å². The van der Waals surface area contributed by atoms with E-state index in [-0.39, 0.29) is 6.04 Å². The average molecular weight is 277 g/mol. The average Bonchev–Trinajstić information content (AvgIpc) is 3.01. The van der Waals surface area contributed by atoms with E-state index in [1.54, 1.807) is 27.6 Å². The molecule has 5 heteroatoms. The van der Waals surface area contributed by atoms with Gasteiger partial charge in [-0.2, -0.15) is 0 Å². The summed E-state index contributed by atoms with van der Waals surface area (Å²) in [5.74, 6) is 2.63. The summed E-state index contributed by atoms with van der Waals surface area (Å²) in [6.07, 6.45) is 1.65. The van der Waals surface area contributed by atoms with Gasteiger partial charge in [0.15, 0.2) is 11.5 Å². The fraction of sp³-hybridized carbons (Fsp3) is 0.333. The van der Waals surface area contributed by atoms with Crippen LogP contribution in [0.5, 0.6) is 17.2 Å². The van der Waals surface area contributed by atoms with Gasteiger partial charge in [-0.15, -0.1) is 0 Å². The van der Waals surface area contributed by atoms with E-state index in [0.29, 0.717) is 17.2 Å². The van der Waals surface area contributed by atoms with E-state index >= 15 is 0 Å². The largest absolute Gasteiger partial charge is 0.493 e. The highest BCUT2D eigenvalue weighted by Crippen LogP contribution is 2.43. The lowest BCUT2D eigenvalue weighted by Crippen LogP contribution is -2.18. The Morgan fingerprint density at radius 3 is 2.25 bits per heavy atom. The van der Waals surface area contributed by atoms with Crippen LogP contribution in [0.4, 0.5) is 0 Å². The number of nitrogens with one attached hydrogen (secondary N) is 1. The van der Waals surface area contributed by atoms with Gasteiger partial charge in [-0.1, -0.05) is 0 Å². The molecule has 0 saturated heterocycles. The number of benzene rings is 1. The molecule has 1 N–H and O–H groups in total. The highest BCUT2D eigenvalue weighted by Gasteiger charge is 2.24. The van der Waals surface area contributed by atoms with Gasteiger partial charge in [0.05, 0.1) is 33.6 Å². The van der Waals surface area contributed by atoms with Crippen molar-refractivity contribution >= 4 is 0 Å². The Hall–Kier alpha value is -2.14. The van der Waals surface area contributed by atoms with Crippen molar-refractivity contribution in [1.29, 1.82) is 0 Å². The molecule has 1 unspecified atom stereocenters. The van der Waals surface area contributed by atoms with Gasteiger partial charge in [0.25, 0.3) is 0 Å². The predicted molar refractivity (Wildman–Crippen MR) is 75.7 cm³/mol. The number of methoxy groups -OCH3 is 3. The third-order valence-corrected chi connectivity index (χ3v) is 3.16. The van der Waals surface area contributed by atoms with Crippen LogP contribution in [0, 0.1) is 0 Å². The fourth-order valence-corrected chi connectivity index (χ4v) is 2.26. The molecule has 0 amide bonds. The van der Waals surface area contributed by atoms with Crippen LogP contribution in [-0.2, 0) is 0 Å². The second-order valence-electron chi connectivity index (χ2n) is 4.16. The minimum atomic E-state index is -0.125. The van der Waals surface area contributed by atoms with Crippen molar-refractivity contribution in [1.82, 2.24) is 5.32 Å². The molecule has 2 aromatic rings. The zero-order chi connectivity index (χ0) is 14.5. The van der Waals surface area contributed by atoms with E-state index in [9.17, 15) is 0 Å². The molecule has 0 bridgehead atoms. The second-order valence-corrected chi connectivity index (χ2v) is 4.16. The lowest BCUT2D eigenvalue weighted by Gasteiger charge is -2.20. The minimum absolute atomic E-state index is 0.125. The predicted octanol–water partition coefficient (Wildman–Crippen LogP) is 2.61. The van der Waals surface area contributed by atoms with Crippen LogP contribution in [0.2, 0.25) is 0 Å². The van der Waals surface area contributed by atoms with Crippen molar-refractivity contribution in [2.75, 3.05) is 28.4 Å². The Labute approximate surface area is 118 Å². The van der Waals surface area contributed by atoms with Gasteiger partial charge in [-0.05, 0) is 31.3 Å². The van der Waals surface area contributed by atoms with Gasteiger partial charge >= 0.3 is 0 Å². The Morgan fingerprint density at radius 2 is 1.75 bits per heavy atom. The summed E-state index contributed by atoms with van der Waals surface area (Å²) in [5.41, 5.74) is 0.919. The molecule has 1 heterocycles. The van der Waals surface area contributed by atoms with E-state index in [4.69, 9.17) is 18.6 Å². The zero-order valence-electron chi connectivity index (χ0n) is 12.1. The Kier molecular flexibility index (Phi) is 4.53. The Morgan fingerprint density at radius 1 is 1.00 bits per heavy atom. The maximum atomic E-state index is 5.50. The zero-order valence-corrected chi connectivity index (χ0v) is 12.1. The van der Waals surface area contributed by atoms with Crippen LogP contribution >= 0.6 is 0 Å². The summed E-state index contributed by atoms with van der Waals surface area (Å²) in [6, 6.07) is 7.43. The van der Waals surface area contributed by atoms with Crippen LogP contribution in [0.1, 0.15) is 17.4 Å². The summed E-state index contributed by atoms with van der Waals surface area (Å²) in [6.45, 7) is 0. The molecule has 5 nitrogen and oxygen atoms in total. The number of hydrogen-bond donors (Lipinski definition) is 1. The van der Waals surface area contributed by atoms with E-state index in [0.717, 1.165) is 11.3 Å². The quantitative estimate of drug-likeness (QED) is 0.879. The van der Waals surface area contributed by atoms with Gasteiger partial charge in [0.1, 0.15) is 5.76 Å². The lowest BCUT2D eigenvalue weighted by atomic mass is 10.0. The standard InChI is InChI=1S/C15H19NO4/c1-16-13(11-6-5-9-20-11)10-7-8-12(17-2)15(19-4)14(10)18-3/h5-9,13,16H,1-4H3. The summed E-state index contributed by atoms with van der Waals surface area (Å²) in [7, 11) is 6.66. The first kappa shape index (κ1) is 14.3. The van der Waals surface area contributed by atoms with Gasteiger partial charge in [0.2, 0.25) is 5.75 Å². The molecule has 1 aromatic carbocycles. The molecule has 0 fully saturated rings. The highest BCUT2D eigenvalue weighted by molar-refractivity contribution is 5.57. The van der Waals surface area contributed by atoms with Crippen LogP contribution in [0.15, 0.2) is 34.9 Å². The summed E-state index contributed by atoms with van der Waals surface area (Å²) < 4.78 is 21.7. The molecule has 108 valence electrons. The minimum Gasteiger partial charge on any atom is -0.493 e. The molecule has 0 saturated carbocycles. The molecule has 2 rings (SSSR count). The van der Waals surface area contributed by atoms with Gasteiger partial charge in [0, 0.05) is 5.56 Å². The number of ether oxygens (including phenoxy) is 3. The van der Waals surface area contributed by atoms with E-state index in [1.165, 1.54) is 0 Å². The van der Waals surface area contributed by atoms with E-state index in [2.05, 4.69) is 5.32 Å². The first-order valence-corrected chi connectivity index (χ1v) is 6.26. The monoisotopic (exact) mass is 277 g/mol. The summed E-state index contributed by atoms with van der Waals surface area (Å²) in [5, 5.41) is 3.21. The molecule has 0 aliphatic carbocycles. The van der Waals surface area contributed by atoms with E-state index in [1.807, 2.05) is 31.3 Å². The molecule has 0 aliphatic heterocycles. The Balaban J connectivity index is 2.55. The molecular weight excluding hydrogens is 258 g/mol. The third kappa shape index (κ3) is 2.44. The van der Waals surface area contributed by atoms with Crippen LogP contribution < -0.4 is 19.5 Å². The van der Waals surface area contributed by atoms with E-state index < -0.39 is 0 Å². The van der Waals surface area contributed by atoms with Crippen molar-refractivity contribution in [3.63, 3.8) is 0 Å². The first-order chi connectivity index (χ1) is 9.76. The Bertz CT molecular complexity index is 551. The SMILES string of the molecule is CNC(c1ccco1)c1ccc(OC)c(OC)c1OC. The van der Waals surface area contributed by atoms with Crippen molar-refractivity contribution in [2.45, 2.75) is 6.04 Å². The van der Waals surface area contributed by atoms with Crippen molar-refractivity contribution < 1.29 is 18.6 Å². The molecule has 20 heavy (non-hydrogen) atoms. The molecule has 0 radical (unpaired) electrons. The molecule has 0 spiro atoms. The molecular formula is C15H19NO4. The third-order valence-electron chi connectivity index (χ3n) is 3.16. The molecule has 0 aliphatic rings. The summed E-state index contributed by atoms with van der Waals surface area (Å²) >= 11 is 0. The smallest absolute Gasteiger partial charge is 0.203 e. The fourth-order valence-electron chi connectivity index (χ4n) is 2.26. The second kappa shape index (κ2) is 6.34. The number of furan rings is 1. The topological polar surface area (TPSA) is 52.9 Å².